The van der Waals surface area contributed by atoms with Gasteiger partial charge >= 0.3 is 11.2 Å². The molecule has 0 aromatic carbocycles. The molecule has 0 aliphatic rings. The van der Waals surface area contributed by atoms with Crippen LogP contribution in [0.25, 0.3) is 0 Å². The van der Waals surface area contributed by atoms with Crippen LogP contribution in [0.15, 0.2) is 23.1 Å². The predicted octanol–water partition coefficient (Wildman–Crippen LogP) is 0.683. The van der Waals surface area contributed by atoms with Gasteiger partial charge in [-0.15, -0.1) is 0 Å². The molecule has 0 saturated heterocycles. The molecule has 0 unspecified atom stereocenters. The molecule has 64 valence electrons. The van der Waals surface area contributed by atoms with Gasteiger partial charge in [0.15, 0.2) is 6.80 Å². The first-order valence-corrected chi connectivity index (χ1v) is 3.06. The molecular formula is C6H5FN2O3. The molecule has 0 fully saturated rings. The molecule has 0 saturated carbocycles. The van der Waals surface area contributed by atoms with Crippen molar-refractivity contribution in [2.45, 2.75) is 6.80 Å². The largest absolute Gasteiger partial charge is 0.334 e. The van der Waals surface area contributed by atoms with Crippen LogP contribution >= 0.6 is 0 Å². The molecule has 1 rings (SSSR count). The van der Waals surface area contributed by atoms with Crippen LogP contribution in [0.2, 0.25) is 0 Å². The zero-order valence-electron chi connectivity index (χ0n) is 5.94. The van der Waals surface area contributed by atoms with Gasteiger partial charge in [-0.2, -0.15) is 0 Å². The number of hydrogen-bond donors (Lipinski definition) is 0. The van der Waals surface area contributed by atoms with Crippen LogP contribution in [0.1, 0.15) is 0 Å². The minimum Gasteiger partial charge on any atom is -0.281 e. The van der Waals surface area contributed by atoms with Gasteiger partial charge in [-0.05, 0) is 6.07 Å². The molecule has 6 heteroatoms. The SMILES string of the molecule is O=c1c([N+](=O)[O-])cccn1CF. The van der Waals surface area contributed by atoms with Gasteiger partial charge in [-0.25, -0.2) is 4.39 Å². The lowest BCUT2D eigenvalue weighted by molar-refractivity contribution is -0.386. The molecule has 12 heavy (non-hydrogen) atoms. The summed E-state index contributed by atoms with van der Waals surface area (Å²) in [5.41, 5.74) is -1.54. The van der Waals surface area contributed by atoms with Crippen LogP contribution in [-0.2, 0) is 6.80 Å². The van der Waals surface area contributed by atoms with E-state index in [4.69, 9.17) is 0 Å². The fraction of sp³-hybridized carbons (Fsp3) is 0.167. The maximum Gasteiger partial charge on any atom is 0.334 e. The Hall–Kier alpha value is -1.72. The molecule has 0 radical (unpaired) electrons. The number of pyridine rings is 1. The van der Waals surface area contributed by atoms with E-state index in [0.717, 1.165) is 12.3 Å². The van der Waals surface area contributed by atoms with Crippen LogP contribution in [0.5, 0.6) is 0 Å². The molecule has 1 aromatic heterocycles. The average molecular weight is 172 g/mol. The van der Waals surface area contributed by atoms with E-state index >= 15 is 0 Å². The Bertz CT molecular complexity index is 360. The third kappa shape index (κ3) is 1.31. The average Bonchev–Trinajstić information content (AvgIpc) is 2.04. The predicted molar refractivity (Wildman–Crippen MR) is 38.5 cm³/mol. The zero-order chi connectivity index (χ0) is 9.14. The number of alkyl halides is 1. The minimum absolute atomic E-state index is 0.616. The van der Waals surface area contributed by atoms with E-state index in [-0.39, 0.29) is 0 Å². The summed E-state index contributed by atoms with van der Waals surface area (Å²) >= 11 is 0. The first-order chi connectivity index (χ1) is 5.66. The van der Waals surface area contributed by atoms with Gasteiger partial charge in [-0.1, -0.05) is 0 Å². The van der Waals surface area contributed by atoms with E-state index in [1.54, 1.807) is 0 Å². The molecule has 5 nitrogen and oxygen atoms in total. The smallest absolute Gasteiger partial charge is 0.281 e. The van der Waals surface area contributed by atoms with Crippen LogP contribution in [-0.4, -0.2) is 9.49 Å². The summed E-state index contributed by atoms with van der Waals surface area (Å²) in [6.07, 6.45) is 1.15. The second kappa shape index (κ2) is 3.12. The highest BCUT2D eigenvalue weighted by molar-refractivity contribution is 5.24. The summed E-state index contributed by atoms with van der Waals surface area (Å²) in [6, 6.07) is 2.29. The van der Waals surface area contributed by atoms with E-state index < -0.39 is 23.0 Å². The number of aromatic nitrogens is 1. The highest BCUT2D eigenvalue weighted by Gasteiger charge is 2.12. The Balaban J connectivity index is 3.33. The van der Waals surface area contributed by atoms with Crippen LogP contribution in [0, 0.1) is 10.1 Å². The summed E-state index contributed by atoms with van der Waals surface area (Å²) in [6.45, 7) is -1.06. The van der Waals surface area contributed by atoms with Gasteiger partial charge in [0.2, 0.25) is 0 Å². The first kappa shape index (κ1) is 8.38. The monoisotopic (exact) mass is 172 g/mol. The van der Waals surface area contributed by atoms with Crippen molar-refractivity contribution in [3.05, 3.63) is 38.8 Å². The van der Waals surface area contributed by atoms with Crippen LogP contribution < -0.4 is 5.56 Å². The number of rotatable bonds is 2. The number of nitrogens with zero attached hydrogens (tertiary/aromatic N) is 2. The number of halogens is 1. The molecule has 0 aliphatic carbocycles. The standard InChI is InChI=1S/C6H5FN2O3/c7-4-8-3-1-2-5(6(8)10)9(11)12/h1-3H,4H2. The van der Waals surface area contributed by atoms with Gasteiger partial charge in [0.25, 0.3) is 0 Å². The van der Waals surface area contributed by atoms with Crippen molar-refractivity contribution in [3.63, 3.8) is 0 Å². The molecule has 1 aromatic rings. The molecule has 0 N–H and O–H groups in total. The summed E-state index contributed by atoms with van der Waals surface area (Å²) < 4.78 is 12.6. The summed E-state index contributed by atoms with van der Waals surface area (Å²) in [5.74, 6) is 0. The Morgan fingerprint density at radius 2 is 2.33 bits per heavy atom. The summed E-state index contributed by atoms with van der Waals surface area (Å²) in [7, 11) is 0. The Morgan fingerprint density at radius 1 is 1.67 bits per heavy atom. The molecule has 0 amide bonds. The quantitative estimate of drug-likeness (QED) is 0.486. The van der Waals surface area contributed by atoms with Gasteiger partial charge in [0, 0.05) is 12.3 Å². The second-order valence-corrected chi connectivity index (χ2v) is 2.05. The van der Waals surface area contributed by atoms with Crippen molar-refractivity contribution >= 4 is 5.69 Å². The Labute approximate surface area is 66.2 Å². The van der Waals surface area contributed by atoms with Crippen LogP contribution in [0.3, 0.4) is 0 Å². The van der Waals surface area contributed by atoms with Crippen molar-refractivity contribution in [2.24, 2.45) is 0 Å². The van der Waals surface area contributed by atoms with E-state index in [1.165, 1.54) is 6.07 Å². The topological polar surface area (TPSA) is 65.1 Å². The molecule has 0 atom stereocenters. The summed E-state index contributed by atoms with van der Waals surface area (Å²) in [4.78, 5) is 20.2. The maximum atomic E-state index is 12.0. The van der Waals surface area contributed by atoms with E-state index in [9.17, 15) is 19.3 Å². The van der Waals surface area contributed by atoms with E-state index in [0.29, 0.717) is 4.57 Å². The van der Waals surface area contributed by atoms with Crippen molar-refractivity contribution in [1.82, 2.24) is 4.57 Å². The lowest BCUT2D eigenvalue weighted by atomic mass is 10.4. The van der Waals surface area contributed by atoms with Crippen molar-refractivity contribution in [3.8, 4) is 0 Å². The first-order valence-electron chi connectivity index (χ1n) is 3.06. The third-order valence-electron chi connectivity index (χ3n) is 1.33. The highest BCUT2D eigenvalue weighted by atomic mass is 19.1. The number of nitro groups is 1. The normalized spacial score (nSPS) is 9.75. The minimum atomic E-state index is -1.06. The molecular weight excluding hydrogens is 167 g/mol. The molecule has 0 spiro atoms. The Kier molecular flexibility index (Phi) is 2.18. The maximum absolute atomic E-state index is 12.0. The highest BCUT2D eigenvalue weighted by Crippen LogP contribution is 2.01. The third-order valence-corrected chi connectivity index (χ3v) is 1.33. The Morgan fingerprint density at radius 3 is 2.83 bits per heavy atom. The van der Waals surface area contributed by atoms with Crippen molar-refractivity contribution < 1.29 is 9.31 Å². The molecule has 0 aliphatic heterocycles. The molecule has 0 bridgehead atoms. The van der Waals surface area contributed by atoms with Crippen LogP contribution in [0.4, 0.5) is 10.1 Å². The lowest BCUT2D eigenvalue weighted by Gasteiger charge is -1.96. The summed E-state index contributed by atoms with van der Waals surface area (Å²) in [5, 5.41) is 10.2. The van der Waals surface area contributed by atoms with E-state index in [2.05, 4.69) is 0 Å². The van der Waals surface area contributed by atoms with Gasteiger partial charge in [-0.3, -0.25) is 19.5 Å². The molecule has 1 heterocycles. The second-order valence-electron chi connectivity index (χ2n) is 2.05. The van der Waals surface area contributed by atoms with Gasteiger partial charge < -0.3 is 0 Å². The van der Waals surface area contributed by atoms with E-state index in [1.807, 2.05) is 0 Å². The van der Waals surface area contributed by atoms with Gasteiger partial charge in [0.05, 0.1) is 4.92 Å². The zero-order valence-corrected chi connectivity index (χ0v) is 5.94. The van der Waals surface area contributed by atoms with Crippen molar-refractivity contribution in [1.29, 1.82) is 0 Å². The fourth-order valence-electron chi connectivity index (χ4n) is 0.757. The fourth-order valence-corrected chi connectivity index (χ4v) is 0.757. The number of hydrogen-bond acceptors (Lipinski definition) is 3. The van der Waals surface area contributed by atoms with Crippen molar-refractivity contribution in [2.75, 3.05) is 0 Å². The van der Waals surface area contributed by atoms with Gasteiger partial charge in [0.1, 0.15) is 0 Å². The lowest BCUT2D eigenvalue weighted by Crippen LogP contribution is -2.20.